The van der Waals surface area contributed by atoms with Gasteiger partial charge in [0, 0.05) is 13.2 Å². The zero-order chi connectivity index (χ0) is 16.0. The molecule has 2 aromatic carbocycles. The van der Waals surface area contributed by atoms with Gasteiger partial charge in [-0.2, -0.15) is 0 Å². The molecular weight excluding hydrogens is 284 g/mol. The molecule has 23 heavy (non-hydrogen) atoms. The Balaban J connectivity index is 1.59. The van der Waals surface area contributed by atoms with Crippen molar-refractivity contribution in [2.24, 2.45) is 0 Å². The average molecular weight is 310 g/mol. The topological polar surface area (TPSA) is 29.5 Å². The lowest BCUT2D eigenvalue weighted by Crippen LogP contribution is -2.24. The summed E-state index contributed by atoms with van der Waals surface area (Å²) in [4.78, 5) is 0. The highest BCUT2D eigenvalue weighted by molar-refractivity contribution is 5.25. The number of aryl methyl sites for hydroxylation is 1. The van der Waals surface area contributed by atoms with Gasteiger partial charge in [-0.1, -0.05) is 54.6 Å². The van der Waals surface area contributed by atoms with E-state index in [1.807, 2.05) is 0 Å². The molecule has 0 radical (unpaired) electrons. The molecule has 2 aromatic rings. The molecule has 1 aliphatic rings. The summed E-state index contributed by atoms with van der Waals surface area (Å²) >= 11 is 0. The largest absolute Gasteiger partial charge is 0.396 e. The van der Waals surface area contributed by atoms with Gasteiger partial charge in [0.25, 0.3) is 0 Å². The summed E-state index contributed by atoms with van der Waals surface area (Å²) in [5.74, 6) is 0. The SMILES string of the molecule is OCCc1ccc(CCCC2(c3ccccc3)CCCO2)cc1. The normalized spacial score (nSPS) is 20.7. The molecular formula is C21H26O2. The van der Waals surface area contributed by atoms with Crippen LogP contribution in [0, 0.1) is 0 Å². The summed E-state index contributed by atoms with van der Waals surface area (Å²) in [6.45, 7) is 1.10. The Morgan fingerprint density at radius 2 is 1.61 bits per heavy atom. The fourth-order valence-electron chi connectivity index (χ4n) is 3.59. The van der Waals surface area contributed by atoms with Crippen molar-refractivity contribution in [2.75, 3.05) is 13.2 Å². The molecule has 0 bridgehead atoms. The minimum Gasteiger partial charge on any atom is -0.396 e. The lowest BCUT2D eigenvalue weighted by atomic mass is 9.85. The molecule has 1 aliphatic heterocycles. The first-order valence-corrected chi connectivity index (χ1v) is 8.71. The average Bonchev–Trinajstić information content (AvgIpc) is 3.08. The molecule has 122 valence electrons. The van der Waals surface area contributed by atoms with Gasteiger partial charge in [-0.3, -0.25) is 0 Å². The van der Waals surface area contributed by atoms with E-state index in [1.54, 1.807) is 0 Å². The van der Waals surface area contributed by atoms with E-state index in [0.717, 1.165) is 45.1 Å². The van der Waals surface area contributed by atoms with Crippen molar-refractivity contribution < 1.29 is 9.84 Å². The maximum absolute atomic E-state index is 8.97. The van der Waals surface area contributed by atoms with E-state index in [0.29, 0.717) is 0 Å². The van der Waals surface area contributed by atoms with Crippen LogP contribution in [0.4, 0.5) is 0 Å². The molecule has 1 saturated heterocycles. The lowest BCUT2D eigenvalue weighted by Gasteiger charge is -2.29. The maximum atomic E-state index is 8.97. The highest BCUT2D eigenvalue weighted by atomic mass is 16.5. The van der Waals surface area contributed by atoms with Gasteiger partial charge in [0.2, 0.25) is 0 Å². The second-order valence-electron chi connectivity index (χ2n) is 6.46. The number of aliphatic hydroxyl groups is 1. The number of aliphatic hydroxyl groups excluding tert-OH is 1. The van der Waals surface area contributed by atoms with Gasteiger partial charge in [0.15, 0.2) is 0 Å². The van der Waals surface area contributed by atoms with Gasteiger partial charge in [-0.25, -0.2) is 0 Å². The summed E-state index contributed by atoms with van der Waals surface area (Å²) in [6.07, 6.45) is 6.32. The first-order chi connectivity index (χ1) is 11.3. The molecule has 1 unspecified atom stereocenters. The quantitative estimate of drug-likeness (QED) is 0.828. The molecule has 1 heterocycles. The molecule has 0 saturated carbocycles. The van der Waals surface area contributed by atoms with Crippen LogP contribution in [-0.4, -0.2) is 18.3 Å². The van der Waals surface area contributed by atoms with Crippen molar-refractivity contribution in [3.05, 3.63) is 71.3 Å². The Bertz CT molecular complexity index is 583. The highest BCUT2D eigenvalue weighted by Gasteiger charge is 2.36. The van der Waals surface area contributed by atoms with E-state index in [-0.39, 0.29) is 12.2 Å². The third kappa shape index (κ3) is 4.01. The maximum Gasteiger partial charge on any atom is 0.0932 e. The predicted octanol–water partition coefficient (Wildman–Crippen LogP) is 4.25. The van der Waals surface area contributed by atoms with Gasteiger partial charge in [-0.05, 0) is 55.2 Å². The standard InChI is InChI=1S/C21H26O2/c22-16-13-19-11-9-18(10-12-19)6-4-14-21(15-5-17-23-21)20-7-2-1-3-8-20/h1-3,7-12,22H,4-6,13-17H2. The molecule has 0 amide bonds. The summed E-state index contributed by atoms with van der Waals surface area (Å²) in [7, 11) is 0. The molecule has 0 aromatic heterocycles. The lowest BCUT2D eigenvalue weighted by molar-refractivity contribution is -0.00862. The molecule has 1 atom stereocenters. The fraction of sp³-hybridized carbons (Fsp3) is 0.429. The molecule has 1 N–H and O–H groups in total. The van der Waals surface area contributed by atoms with Crippen LogP contribution in [0.3, 0.4) is 0 Å². The number of ether oxygens (including phenoxy) is 1. The van der Waals surface area contributed by atoms with Crippen LogP contribution in [-0.2, 0) is 23.2 Å². The van der Waals surface area contributed by atoms with E-state index in [1.165, 1.54) is 16.7 Å². The van der Waals surface area contributed by atoms with Crippen LogP contribution in [0.15, 0.2) is 54.6 Å². The number of rotatable bonds is 7. The first-order valence-electron chi connectivity index (χ1n) is 8.71. The Morgan fingerprint density at radius 3 is 2.22 bits per heavy atom. The fourth-order valence-corrected chi connectivity index (χ4v) is 3.59. The van der Waals surface area contributed by atoms with Crippen molar-refractivity contribution in [3.8, 4) is 0 Å². The van der Waals surface area contributed by atoms with Crippen molar-refractivity contribution in [2.45, 2.75) is 44.1 Å². The van der Waals surface area contributed by atoms with Gasteiger partial charge in [0.1, 0.15) is 0 Å². The minimum atomic E-state index is -0.0713. The van der Waals surface area contributed by atoms with Crippen LogP contribution in [0.5, 0.6) is 0 Å². The molecule has 2 heteroatoms. The zero-order valence-electron chi connectivity index (χ0n) is 13.7. The Labute approximate surface area is 139 Å². The molecule has 0 spiro atoms. The Morgan fingerprint density at radius 1 is 0.913 bits per heavy atom. The first kappa shape index (κ1) is 16.2. The van der Waals surface area contributed by atoms with Crippen LogP contribution < -0.4 is 0 Å². The number of hydrogen-bond donors (Lipinski definition) is 1. The Hall–Kier alpha value is -1.64. The van der Waals surface area contributed by atoms with Crippen molar-refractivity contribution >= 4 is 0 Å². The van der Waals surface area contributed by atoms with Gasteiger partial charge in [0.05, 0.1) is 5.60 Å². The third-order valence-electron chi connectivity index (χ3n) is 4.87. The van der Waals surface area contributed by atoms with E-state index < -0.39 is 0 Å². The van der Waals surface area contributed by atoms with E-state index in [4.69, 9.17) is 9.84 Å². The van der Waals surface area contributed by atoms with E-state index in [2.05, 4.69) is 54.6 Å². The van der Waals surface area contributed by atoms with Gasteiger partial charge in [-0.15, -0.1) is 0 Å². The van der Waals surface area contributed by atoms with Crippen LogP contribution in [0.2, 0.25) is 0 Å². The number of hydrogen-bond acceptors (Lipinski definition) is 2. The van der Waals surface area contributed by atoms with Crippen molar-refractivity contribution in [1.82, 2.24) is 0 Å². The third-order valence-corrected chi connectivity index (χ3v) is 4.87. The molecule has 1 fully saturated rings. The zero-order valence-corrected chi connectivity index (χ0v) is 13.7. The summed E-state index contributed by atoms with van der Waals surface area (Å²) in [5.41, 5.74) is 3.83. The van der Waals surface area contributed by atoms with Crippen molar-refractivity contribution in [1.29, 1.82) is 0 Å². The summed E-state index contributed by atoms with van der Waals surface area (Å²) < 4.78 is 6.19. The van der Waals surface area contributed by atoms with Crippen LogP contribution in [0.25, 0.3) is 0 Å². The molecule has 3 rings (SSSR count). The summed E-state index contributed by atoms with van der Waals surface area (Å²) in [6, 6.07) is 19.3. The second-order valence-corrected chi connectivity index (χ2v) is 6.46. The Kier molecular flexibility index (Phi) is 5.47. The summed E-state index contributed by atoms with van der Waals surface area (Å²) in [5, 5.41) is 8.97. The number of benzene rings is 2. The van der Waals surface area contributed by atoms with E-state index >= 15 is 0 Å². The minimum absolute atomic E-state index is 0.0713. The second kappa shape index (κ2) is 7.76. The molecule has 2 nitrogen and oxygen atoms in total. The smallest absolute Gasteiger partial charge is 0.0932 e. The predicted molar refractivity (Wildman–Crippen MR) is 93.5 cm³/mol. The monoisotopic (exact) mass is 310 g/mol. The molecule has 0 aliphatic carbocycles. The van der Waals surface area contributed by atoms with E-state index in [9.17, 15) is 0 Å². The highest BCUT2D eigenvalue weighted by Crippen LogP contribution is 2.40. The van der Waals surface area contributed by atoms with Gasteiger partial charge < -0.3 is 9.84 Å². The van der Waals surface area contributed by atoms with Crippen molar-refractivity contribution in [3.63, 3.8) is 0 Å². The van der Waals surface area contributed by atoms with Gasteiger partial charge >= 0.3 is 0 Å². The van der Waals surface area contributed by atoms with Crippen LogP contribution >= 0.6 is 0 Å². The van der Waals surface area contributed by atoms with Crippen LogP contribution in [0.1, 0.15) is 42.4 Å².